The first-order valence-electron chi connectivity index (χ1n) is 6.86. The Morgan fingerprint density at radius 1 is 1.48 bits per heavy atom. The number of methoxy groups -OCH3 is 1. The third-order valence-electron chi connectivity index (χ3n) is 3.55. The molecule has 2 N–H and O–H groups in total. The lowest BCUT2D eigenvalue weighted by atomic mass is 10.1. The monoisotopic (exact) mass is 308 g/mol. The molecule has 3 heterocycles. The molecule has 0 saturated carbocycles. The van der Waals surface area contributed by atoms with Gasteiger partial charge in [-0.05, 0) is 25.3 Å². The zero-order valence-corrected chi connectivity index (χ0v) is 12.5. The molecule has 0 aromatic carbocycles. The standard InChI is InChI=1S/C14H17ClN4O2/c1-20-11-8-9(16)13(14(15)18-11)10-5-6-17-19(10)12-4-2-3-7-21-12/h5-6,8,12H,2-4,7H2,1H3,(H2,16,18). The van der Waals surface area contributed by atoms with Crippen molar-refractivity contribution in [2.24, 2.45) is 0 Å². The molecule has 1 saturated heterocycles. The lowest BCUT2D eigenvalue weighted by Crippen LogP contribution is -2.20. The quantitative estimate of drug-likeness (QED) is 0.882. The molecule has 1 unspecified atom stereocenters. The summed E-state index contributed by atoms with van der Waals surface area (Å²) in [5, 5.41) is 4.66. The Labute approximate surface area is 127 Å². The van der Waals surface area contributed by atoms with Gasteiger partial charge in [-0.2, -0.15) is 5.10 Å². The molecule has 21 heavy (non-hydrogen) atoms. The Balaban J connectivity index is 2.03. The summed E-state index contributed by atoms with van der Waals surface area (Å²) >= 11 is 6.26. The molecule has 3 rings (SSSR count). The van der Waals surface area contributed by atoms with Gasteiger partial charge in [-0.25, -0.2) is 9.67 Å². The van der Waals surface area contributed by atoms with Gasteiger partial charge in [0.15, 0.2) is 6.23 Å². The second kappa shape index (κ2) is 5.91. The smallest absolute Gasteiger partial charge is 0.216 e. The Morgan fingerprint density at radius 3 is 3.00 bits per heavy atom. The number of aromatic nitrogens is 3. The second-order valence-corrected chi connectivity index (χ2v) is 5.26. The van der Waals surface area contributed by atoms with E-state index in [9.17, 15) is 0 Å². The summed E-state index contributed by atoms with van der Waals surface area (Å²) in [6, 6.07) is 3.52. The summed E-state index contributed by atoms with van der Waals surface area (Å²) in [7, 11) is 1.53. The molecule has 0 spiro atoms. The molecule has 1 atom stereocenters. The van der Waals surface area contributed by atoms with Crippen LogP contribution in [0.4, 0.5) is 5.69 Å². The predicted molar refractivity (Wildman–Crippen MR) is 80.3 cm³/mol. The molecule has 0 radical (unpaired) electrons. The molecule has 0 bridgehead atoms. The number of hydrogen-bond acceptors (Lipinski definition) is 5. The van der Waals surface area contributed by atoms with E-state index in [-0.39, 0.29) is 6.23 Å². The number of rotatable bonds is 3. The van der Waals surface area contributed by atoms with Crippen LogP contribution in [0, 0.1) is 0 Å². The van der Waals surface area contributed by atoms with E-state index in [1.807, 2.05) is 10.7 Å². The van der Waals surface area contributed by atoms with Crippen LogP contribution in [0.15, 0.2) is 18.3 Å². The van der Waals surface area contributed by atoms with Gasteiger partial charge in [0.05, 0.1) is 18.4 Å². The topological polar surface area (TPSA) is 75.2 Å². The minimum absolute atomic E-state index is 0.0821. The van der Waals surface area contributed by atoms with E-state index >= 15 is 0 Å². The maximum Gasteiger partial charge on any atom is 0.216 e. The zero-order valence-electron chi connectivity index (χ0n) is 11.8. The first-order chi connectivity index (χ1) is 10.2. The van der Waals surface area contributed by atoms with Crippen molar-refractivity contribution in [3.63, 3.8) is 0 Å². The number of anilines is 1. The van der Waals surface area contributed by atoms with Crippen molar-refractivity contribution in [2.75, 3.05) is 19.5 Å². The normalized spacial score (nSPS) is 18.7. The van der Waals surface area contributed by atoms with E-state index in [1.54, 1.807) is 12.3 Å². The van der Waals surface area contributed by atoms with Gasteiger partial charge in [-0.15, -0.1) is 0 Å². The van der Waals surface area contributed by atoms with Crippen molar-refractivity contribution >= 4 is 17.3 Å². The van der Waals surface area contributed by atoms with Gasteiger partial charge in [0, 0.05) is 24.6 Å². The molecule has 2 aromatic heterocycles. The maximum atomic E-state index is 6.26. The van der Waals surface area contributed by atoms with Crippen LogP contribution in [0.3, 0.4) is 0 Å². The number of nitrogen functional groups attached to an aromatic ring is 1. The van der Waals surface area contributed by atoms with E-state index in [2.05, 4.69) is 10.1 Å². The van der Waals surface area contributed by atoms with Gasteiger partial charge in [0.25, 0.3) is 0 Å². The first kappa shape index (κ1) is 14.2. The summed E-state index contributed by atoms with van der Waals surface area (Å²) in [6.07, 6.45) is 4.76. The summed E-state index contributed by atoms with van der Waals surface area (Å²) < 4.78 is 12.7. The lowest BCUT2D eigenvalue weighted by Gasteiger charge is -2.25. The van der Waals surface area contributed by atoms with E-state index in [4.69, 9.17) is 26.8 Å². The summed E-state index contributed by atoms with van der Waals surface area (Å²) in [4.78, 5) is 4.18. The van der Waals surface area contributed by atoms with E-state index < -0.39 is 0 Å². The van der Waals surface area contributed by atoms with Gasteiger partial charge in [0.1, 0.15) is 5.15 Å². The SMILES string of the molecule is COc1cc(N)c(-c2ccnn2C2CCCCO2)c(Cl)n1. The number of nitrogens with two attached hydrogens (primary N) is 1. The average Bonchev–Trinajstić information content (AvgIpc) is 2.96. The molecule has 1 fully saturated rings. The van der Waals surface area contributed by atoms with Crippen LogP contribution in [0.5, 0.6) is 5.88 Å². The summed E-state index contributed by atoms with van der Waals surface area (Å²) in [6.45, 7) is 0.744. The summed E-state index contributed by atoms with van der Waals surface area (Å²) in [5.41, 5.74) is 8.07. The van der Waals surface area contributed by atoms with Gasteiger partial charge in [-0.1, -0.05) is 11.6 Å². The lowest BCUT2D eigenvalue weighted by molar-refractivity contribution is -0.0383. The fraction of sp³-hybridized carbons (Fsp3) is 0.429. The highest BCUT2D eigenvalue weighted by atomic mass is 35.5. The van der Waals surface area contributed by atoms with Crippen LogP contribution in [0.1, 0.15) is 25.5 Å². The third-order valence-corrected chi connectivity index (χ3v) is 3.82. The van der Waals surface area contributed by atoms with Crippen molar-refractivity contribution in [3.05, 3.63) is 23.5 Å². The largest absolute Gasteiger partial charge is 0.481 e. The maximum absolute atomic E-state index is 6.26. The first-order valence-corrected chi connectivity index (χ1v) is 7.24. The molecule has 7 heteroatoms. The molecule has 0 amide bonds. The molecule has 1 aliphatic heterocycles. The van der Waals surface area contributed by atoms with Crippen LogP contribution >= 0.6 is 11.6 Å². The Bertz CT molecular complexity index is 615. The van der Waals surface area contributed by atoms with E-state index in [1.165, 1.54) is 7.11 Å². The highest BCUT2D eigenvalue weighted by Gasteiger charge is 2.22. The Morgan fingerprint density at radius 2 is 2.33 bits per heavy atom. The number of nitrogens with zero attached hydrogens (tertiary/aromatic N) is 3. The molecular formula is C14H17ClN4O2. The molecule has 2 aromatic rings. The van der Waals surface area contributed by atoms with Crippen molar-refractivity contribution in [1.29, 1.82) is 0 Å². The number of pyridine rings is 1. The second-order valence-electron chi connectivity index (χ2n) is 4.90. The van der Waals surface area contributed by atoms with Crippen molar-refractivity contribution in [1.82, 2.24) is 14.8 Å². The number of halogens is 1. The van der Waals surface area contributed by atoms with E-state index in [0.29, 0.717) is 22.3 Å². The Hall–Kier alpha value is -1.79. The molecule has 0 aliphatic carbocycles. The van der Waals surface area contributed by atoms with Gasteiger partial charge in [0.2, 0.25) is 5.88 Å². The molecular weight excluding hydrogens is 292 g/mol. The van der Waals surface area contributed by atoms with Crippen LogP contribution in [0.2, 0.25) is 5.15 Å². The highest BCUT2D eigenvalue weighted by Crippen LogP contribution is 2.36. The van der Waals surface area contributed by atoms with Gasteiger partial charge >= 0.3 is 0 Å². The minimum atomic E-state index is -0.0821. The predicted octanol–water partition coefficient (Wildman–Crippen LogP) is 2.89. The summed E-state index contributed by atoms with van der Waals surface area (Å²) in [5.74, 6) is 0.390. The van der Waals surface area contributed by atoms with Crippen LogP contribution < -0.4 is 10.5 Å². The van der Waals surface area contributed by atoms with Crippen molar-refractivity contribution < 1.29 is 9.47 Å². The number of hydrogen-bond donors (Lipinski definition) is 1. The van der Waals surface area contributed by atoms with Gasteiger partial charge in [-0.3, -0.25) is 0 Å². The number of ether oxygens (including phenoxy) is 2. The van der Waals surface area contributed by atoms with Gasteiger partial charge < -0.3 is 15.2 Å². The van der Waals surface area contributed by atoms with Crippen LogP contribution in [-0.4, -0.2) is 28.5 Å². The Kier molecular flexibility index (Phi) is 3.98. The minimum Gasteiger partial charge on any atom is -0.481 e. The molecule has 1 aliphatic rings. The van der Waals surface area contributed by atoms with E-state index in [0.717, 1.165) is 31.6 Å². The highest BCUT2D eigenvalue weighted by molar-refractivity contribution is 6.32. The van der Waals surface area contributed by atoms with Crippen LogP contribution in [-0.2, 0) is 4.74 Å². The zero-order chi connectivity index (χ0) is 14.8. The fourth-order valence-corrected chi connectivity index (χ4v) is 2.81. The molecule has 6 nitrogen and oxygen atoms in total. The fourth-order valence-electron chi connectivity index (χ4n) is 2.53. The van der Waals surface area contributed by atoms with Crippen molar-refractivity contribution in [3.8, 4) is 17.1 Å². The third kappa shape index (κ3) is 2.69. The average molecular weight is 309 g/mol. The molecule has 112 valence electrons. The van der Waals surface area contributed by atoms with Crippen molar-refractivity contribution in [2.45, 2.75) is 25.5 Å². The van der Waals surface area contributed by atoms with Crippen LogP contribution in [0.25, 0.3) is 11.3 Å².